The smallest absolute Gasteiger partial charge is 0.435 e. The molecule has 0 aromatic carbocycles. The summed E-state index contributed by atoms with van der Waals surface area (Å²) in [5.74, 6) is -0.155. The summed E-state index contributed by atoms with van der Waals surface area (Å²) in [6, 6.07) is 0.413. The molecule has 1 saturated carbocycles. The van der Waals surface area contributed by atoms with Gasteiger partial charge in [0.25, 0.3) is 0 Å². The number of carbonyl (C=O) groups is 2. The predicted octanol–water partition coefficient (Wildman–Crippen LogP) is 2.66. The Morgan fingerprint density at radius 3 is 2.45 bits per heavy atom. The molecular formula is C16H29N2O3S+. The molecule has 1 saturated heterocycles. The van der Waals surface area contributed by atoms with Crippen LogP contribution in [0.4, 0.5) is 4.79 Å². The third kappa shape index (κ3) is 3.34. The minimum atomic E-state index is -1.01. The summed E-state index contributed by atoms with van der Waals surface area (Å²) in [5.41, 5.74) is 0. The summed E-state index contributed by atoms with van der Waals surface area (Å²) < 4.78 is -0.438. The van der Waals surface area contributed by atoms with Crippen LogP contribution in [0.3, 0.4) is 0 Å². The van der Waals surface area contributed by atoms with Crippen molar-refractivity contribution in [3.63, 3.8) is 0 Å². The summed E-state index contributed by atoms with van der Waals surface area (Å²) in [4.78, 5) is 24.6. The second-order valence-corrected chi connectivity index (χ2v) is 7.40. The number of nitrogens with one attached hydrogen (secondary N) is 1. The second-order valence-electron chi connectivity index (χ2n) is 7.04. The zero-order valence-electron chi connectivity index (χ0n) is 13.6. The van der Waals surface area contributed by atoms with Crippen LogP contribution in [0, 0.1) is 5.92 Å². The van der Waals surface area contributed by atoms with Crippen molar-refractivity contribution in [2.75, 3.05) is 12.3 Å². The number of hydrogen-bond donors (Lipinski definition) is 3. The zero-order valence-corrected chi connectivity index (χ0v) is 14.5. The van der Waals surface area contributed by atoms with Crippen LogP contribution in [0.25, 0.3) is 0 Å². The molecule has 2 amide bonds. The minimum absolute atomic E-state index is 0.116. The van der Waals surface area contributed by atoms with E-state index in [1.54, 1.807) is 6.92 Å². The molecule has 1 aliphatic carbocycles. The molecule has 5 nitrogen and oxygen atoms in total. The van der Waals surface area contributed by atoms with Gasteiger partial charge in [0.1, 0.15) is 12.6 Å². The molecule has 6 heteroatoms. The van der Waals surface area contributed by atoms with Crippen LogP contribution in [-0.2, 0) is 4.79 Å². The number of imide groups is 1. The number of quaternary nitrogens is 1. The van der Waals surface area contributed by atoms with E-state index in [1.165, 1.54) is 32.1 Å². The molecule has 0 spiro atoms. The fourth-order valence-electron chi connectivity index (χ4n) is 4.06. The van der Waals surface area contributed by atoms with Gasteiger partial charge in [-0.3, -0.25) is 0 Å². The zero-order chi connectivity index (χ0) is 16.3. The van der Waals surface area contributed by atoms with Gasteiger partial charge in [-0.15, -0.1) is 0 Å². The van der Waals surface area contributed by atoms with E-state index < -0.39 is 10.6 Å². The summed E-state index contributed by atoms with van der Waals surface area (Å²) in [6.45, 7) is 4.02. The van der Waals surface area contributed by atoms with Gasteiger partial charge < -0.3 is 10.4 Å². The third-order valence-corrected chi connectivity index (χ3v) is 5.94. The number of nitrogens with zero attached hydrogens (tertiary/aromatic N) is 1. The Morgan fingerprint density at radius 2 is 1.91 bits per heavy atom. The van der Waals surface area contributed by atoms with E-state index in [0.29, 0.717) is 18.3 Å². The van der Waals surface area contributed by atoms with E-state index in [4.69, 9.17) is 0 Å². The Balaban J connectivity index is 2.11. The van der Waals surface area contributed by atoms with Gasteiger partial charge in [-0.2, -0.15) is 21.9 Å². The normalized spacial score (nSPS) is 34.5. The maximum absolute atomic E-state index is 12.7. The number of carbonyl (C=O) groups excluding carboxylic acids is 1. The molecule has 22 heavy (non-hydrogen) atoms. The van der Waals surface area contributed by atoms with Crippen molar-refractivity contribution in [1.82, 2.24) is 5.32 Å². The molecule has 2 N–H and O–H groups in total. The van der Waals surface area contributed by atoms with Crippen molar-refractivity contribution in [2.24, 2.45) is 5.92 Å². The highest BCUT2D eigenvalue weighted by molar-refractivity contribution is 7.80. The summed E-state index contributed by atoms with van der Waals surface area (Å²) in [5, 5.41) is 13.4. The number of carboxylic acid groups (broad SMARTS) is 1. The van der Waals surface area contributed by atoms with Gasteiger partial charge in [0.05, 0.1) is 12.0 Å². The lowest BCUT2D eigenvalue weighted by Gasteiger charge is -2.32. The molecule has 1 heterocycles. The number of likely N-dealkylation sites (tertiary alicyclic amines) is 1. The number of rotatable bonds is 4. The standard InChI is InChI=1S/C16H28N2O3S/c1-11(10-22)15(19)18(16(20)21)9-14(8-12(18)2)17-13-6-4-3-5-7-13/h11-14,17H,3-10H2,1-2H3,(H-,20,21,22)/p+1/t11?,12-,14+,18+/m1/s1. The van der Waals surface area contributed by atoms with Crippen LogP contribution in [0.5, 0.6) is 0 Å². The van der Waals surface area contributed by atoms with Crippen LogP contribution < -0.4 is 5.32 Å². The number of amides is 2. The fourth-order valence-corrected chi connectivity index (χ4v) is 4.21. The van der Waals surface area contributed by atoms with Crippen molar-refractivity contribution >= 4 is 24.6 Å². The summed E-state index contributed by atoms with van der Waals surface area (Å²) >= 11 is 4.17. The average molecular weight is 329 g/mol. The van der Waals surface area contributed by atoms with Crippen LogP contribution in [-0.4, -0.2) is 52.0 Å². The van der Waals surface area contributed by atoms with Crippen LogP contribution in [0.2, 0.25) is 0 Å². The summed E-state index contributed by atoms with van der Waals surface area (Å²) in [7, 11) is 0. The molecule has 1 unspecified atom stereocenters. The molecular weight excluding hydrogens is 300 g/mol. The highest BCUT2D eigenvalue weighted by atomic mass is 32.1. The van der Waals surface area contributed by atoms with E-state index >= 15 is 0 Å². The quantitative estimate of drug-likeness (QED) is 0.548. The van der Waals surface area contributed by atoms with Crippen molar-refractivity contribution in [1.29, 1.82) is 0 Å². The topological polar surface area (TPSA) is 66.4 Å². The molecule has 2 aliphatic rings. The van der Waals surface area contributed by atoms with Gasteiger partial charge >= 0.3 is 12.0 Å². The molecule has 126 valence electrons. The Kier molecular flexibility index (Phi) is 5.91. The van der Waals surface area contributed by atoms with Crippen molar-refractivity contribution in [3.8, 4) is 0 Å². The maximum atomic E-state index is 12.7. The predicted molar refractivity (Wildman–Crippen MR) is 89.1 cm³/mol. The largest absolute Gasteiger partial charge is 0.521 e. The van der Waals surface area contributed by atoms with E-state index in [2.05, 4.69) is 17.9 Å². The molecule has 0 aromatic heterocycles. The first-order valence-electron chi connectivity index (χ1n) is 8.44. The maximum Gasteiger partial charge on any atom is 0.521 e. The van der Waals surface area contributed by atoms with Gasteiger partial charge in [0.2, 0.25) is 0 Å². The van der Waals surface area contributed by atoms with E-state index in [9.17, 15) is 14.7 Å². The highest BCUT2D eigenvalue weighted by Crippen LogP contribution is 2.32. The second kappa shape index (κ2) is 7.32. The first-order valence-corrected chi connectivity index (χ1v) is 9.07. The average Bonchev–Trinajstić information content (AvgIpc) is 2.84. The molecule has 2 fully saturated rings. The highest BCUT2D eigenvalue weighted by Gasteiger charge is 2.57. The number of hydrogen-bond acceptors (Lipinski definition) is 4. The van der Waals surface area contributed by atoms with E-state index in [1.807, 2.05) is 6.92 Å². The first kappa shape index (κ1) is 17.8. The van der Waals surface area contributed by atoms with Crippen LogP contribution in [0.1, 0.15) is 52.4 Å². The van der Waals surface area contributed by atoms with Gasteiger partial charge in [0, 0.05) is 18.2 Å². The van der Waals surface area contributed by atoms with E-state index in [-0.39, 0.29) is 23.9 Å². The van der Waals surface area contributed by atoms with Crippen LogP contribution in [0.15, 0.2) is 0 Å². The Hall–Kier alpha value is -0.590. The Morgan fingerprint density at radius 1 is 1.27 bits per heavy atom. The molecule has 1 aliphatic heterocycles. The summed E-state index contributed by atoms with van der Waals surface area (Å²) in [6.07, 6.45) is 5.85. The minimum Gasteiger partial charge on any atom is -0.435 e. The Labute approximate surface area is 138 Å². The fraction of sp³-hybridized carbons (Fsp3) is 0.875. The molecule has 0 aromatic rings. The monoisotopic (exact) mass is 329 g/mol. The molecule has 0 radical (unpaired) electrons. The lowest BCUT2D eigenvalue weighted by molar-refractivity contribution is -0.794. The number of thiol groups is 1. The Bertz CT molecular complexity index is 426. The van der Waals surface area contributed by atoms with Crippen molar-refractivity contribution in [2.45, 2.75) is 70.5 Å². The van der Waals surface area contributed by atoms with Gasteiger partial charge in [0.15, 0.2) is 0 Å². The van der Waals surface area contributed by atoms with Crippen molar-refractivity contribution < 1.29 is 19.2 Å². The molecule has 2 rings (SSSR count). The lowest BCUT2D eigenvalue weighted by Crippen LogP contribution is -2.61. The van der Waals surface area contributed by atoms with Gasteiger partial charge in [-0.25, -0.2) is 4.79 Å². The van der Waals surface area contributed by atoms with Crippen molar-refractivity contribution in [3.05, 3.63) is 0 Å². The third-order valence-electron chi connectivity index (χ3n) is 5.39. The lowest BCUT2D eigenvalue weighted by atomic mass is 9.94. The van der Waals surface area contributed by atoms with Gasteiger partial charge in [-0.05, 0) is 26.7 Å². The molecule has 0 bridgehead atoms. The van der Waals surface area contributed by atoms with Gasteiger partial charge in [-0.1, -0.05) is 19.3 Å². The molecule has 4 atom stereocenters. The van der Waals surface area contributed by atoms with E-state index in [0.717, 1.165) is 6.42 Å². The SMILES string of the molecule is CC(CS)C(=O)[N@+]1(C(=O)O)C[C@@H](NC2CCCCC2)C[C@H]1C. The van der Waals surface area contributed by atoms with Crippen LogP contribution >= 0.6 is 12.6 Å². The first-order chi connectivity index (χ1) is 10.4.